The zero-order valence-corrected chi connectivity index (χ0v) is 18.1. The summed E-state index contributed by atoms with van der Waals surface area (Å²) in [5.74, 6) is 1.49. The van der Waals surface area contributed by atoms with Crippen LogP contribution in [0.4, 0.5) is 21.8 Å². The summed E-state index contributed by atoms with van der Waals surface area (Å²) in [6.45, 7) is 5.17. The Labute approximate surface area is 180 Å². The number of nitrogens with zero attached hydrogens (tertiary/aromatic N) is 5. The molecular formula is C21H23FN6O2S. The fourth-order valence-electron chi connectivity index (χ4n) is 3.43. The van der Waals surface area contributed by atoms with Crippen molar-refractivity contribution in [3.63, 3.8) is 0 Å². The van der Waals surface area contributed by atoms with Crippen molar-refractivity contribution in [3.8, 4) is 0 Å². The van der Waals surface area contributed by atoms with Crippen molar-refractivity contribution in [3.05, 3.63) is 65.6 Å². The second-order valence-corrected chi connectivity index (χ2v) is 9.33. The lowest BCUT2D eigenvalue weighted by Gasteiger charge is -2.34. The smallest absolute Gasteiger partial charge is 0.243 e. The molecule has 1 aromatic carbocycles. The van der Waals surface area contributed by atoms with Gasteiger partial charge in [0.1, 0.15) is 11.6 Å². The molecule has 0 unspecified atom stereocenters. The monoisotopic (exact) mass is 442 g/mol. The van der Waals surface area contributed by atoms with Gasteiger partial charge in [0, 0.05) is 32.4 Å². The van der Waals surface area contributed by atoms with E-state index in [-0.39, 0.29) is 4.90 Å². The summed E-state index contributed by atoms with van der Waals surface area (Å²) in [4.78, 5) is 6.41. The second-order valence-electron chi connectivity index (χ2n) is 7.42. The predicted octanol–water partition coefficient (Wildman–Crippen LogP) is 2.88. The minimum absolute atomic E-state index is 0.141. The Morgan fingerprint density at radius 2 is 1.68 bits per heavy atom. The highest BCUT2D eigenvalue weighted by molar-refractivity contribution is 7.89. The molecule has 10 heteroatoms. The van der Waals surface area contributed by atoms with Crippen LogP contribution in [-0.4, -0.2) is 54.1 Å². The molecule has 8 nitrogen and oxygen atoms in total. The first-order chi connectivity index (χ1) is 14.8. The lowest BCUT2D eigenvalue weighted by molar-refractivity contribution is 0.383. The van der Waals surface area contributed by atoms with Crippen LogP contribution in [0.15, 0.2) is 53.6 Å². The van der Waals surface area contributed by atoms with Crippen molar-refractivity contribution in [2.75, 3.05) is 36.4 Å². The van der Waals surface area contributed by atoms with E-state index in [1.165, 1.54) is 22.5 Å². The molecule has 0 bridgehead atoms. The van der Waals surface area contributed by atoms with E-state index in [0.717, 1.165) is 5.56 Å². The van der Waals surface area contributed by atoms with Gasteiger partial charge in [-0.3, -0.25) is 0 Å². The number of hydrogen-bond donors (Lipinski definition) is 1. The normalized spacial score (nSPS) is 15.1. The molecular weight excluding hydrogens is 419 g/mol. The first-order valence-corrected chi connectivity index (χ1v) is 11.3. The van der Waals surface area contributed by atoms with Crippen LogP contribution in [0, 0.1) is 19.7 Å². The summed E-state index contributed by atoms with van der Waals surface area (Å²) in [7, 11) is -3.67. The molecule has 1 aliphatic rings. The molecule has 3 aromatic rings. The standard InChI is InChI=1S/C21H23FN6O2S/c1-15-3-6-19(23-14-15)24-20-7-8-21(26-25-20)27-9-11-28(12-10-27)31(29,30)18-5-4-17(22)13-16(18)2/h3-8,13-14H,9-12H2,1-2H3,(H,23,24,25). The highest BCUT2D eigenvalue weighted by Crippen LogP contribution is 2.23. The van der Waals surface area contributed by atoms with E-state index in [9.17, 15) is 12.8 Å². The van der Waals surface area contributed by atoms with Crippen molar-refractivity contribution in [2.45, 2.75) is 18.7 Å². The zero-order chi connectivity index (χ0) is 22.0. The van der Waals surface area contributed by atoms with Gasteiger partial charge in [-0.15, -0.1) is 10.2 Å². The van der Waals surface area contributed by atoms with Crippen molar-refractivity contribution < 1.29 is 12.8 Å². The lowest BCUT2D eigenvalue weighted by atomic mass is 10.2. The van der Waals surface area contributed by atoms with Crippen molar-refractivity contribution >= 4 is 27.5 Å². The molecule has 0 atom stereocenters. The fraction of sp³-hybridized carbons (Fsp3) is 0.286. The molecule has 1 saturated heterocycles. The van der Waals surface area contributed by atoms with Gasteiger partial charge >= 0.3 is 0 Å². The quantitative estimate of drug-likeness (QED) is 0.650. The van der Waals surface area contributed by atoms with Crippen LogP contribution in [0.3, 0.4) is 0 Å². The number of benzene rings is 1. The van der Waals surface area contributed by atoms with Gasteiger partial charge in [0.15, 0.2) is 11.6 Å². The molecule has 1 fully saturated rings. The zero-order valence-electron chi connectivity index (χ0n) is 17.3. The number of nitrogens with one attached hydrogen (secondary N) is 1. The average molecular weight is 443 g/mol. The first-order valence-electron chi connectivity index (χ1n) is 9.87. The van der Waals surface area contributed by atoms with Crippen LogP contribution in [0.1, 0.15) is 11.1 Å². The molecule has 31 heavy (non-hydrogen) atoms. The highest BCUT2D eigenvalue weighted by atomic mass is 32.2. The van der Waals surface area contributed by atoms with Gasteiger partial charge in [0.25, 0.3) is 0 Å². The van der Waals surface area contributed by atoms with Crippen molar-refractivity contribution in [1.82, 2.24) is 19.5 Å². The van der Waals surface area contributed by atoms with Crippen LogP contribution in [0.25, 0.3) is 0 Å². The number of hydrogen-bond acceptors (Lipinski definition) is 7. The van der Waals surface area contributed by atoms with Gasteiger partial charge in [0.2, 0.25) is 10.0 Å². The van der Waals surface area contributed by atoms with E-state index >= 15 is 0 Å². The average Bonchev–Trinajstić information content (AvgIpc) is 2.76. The predicted molar refractivity (Wildman–Crippen MR) is 116 cm³/mol. The first kappa shape index (κ1) is 21.1. The highest BCUT2D eigenvalue weighted by Gasteiger charge is 2.30. The van der Waals surface area contributed by atoms with Crippen LogP contribution in [0.2, 0.25) is 0 Å². The topological polar surface area (TPSA) is 91.3 Å². The van der Waals surface area contributed by atoms with Crippen LogP contribution < -0.4 is 10.2 Å². The Bertz CT molecular complexity index is 1160. The number of aromatic nitrogens is 3. The van der Waals surface area contributed by atoms with Gasteiger partial charge in [-0.25, -0.2) is 17.8 Å². The van der Waals surface area contributed by atoms with Crippen LogP contribution in [0.5, 0.6) is 0 Å². The summed E-state index contributed by atoms with van der Waals surface area (Å²) < 4.78 is 40.7. The maximum atomic E-state index is 13.3. The summed E-state index contributed by atoms with van der Waals surface area (Å²) in [5.41, 5.74) is 1.47. The summed E-state index contributed by atoms with van der Waals surface area (Å²) in [5, 5.41) is 11.6. The van der Waals surface area contributed by atoms with Gasteiger partial charge in [0.05, 0.1) is 4.90 Å². The molecule has 0 aliphatic carbocycles. The summed E-state index contributed by atoms with van der Waals surface area (Å²) >= 11 is 0. The van der Waals surface area contributed by atoms with Gasteiger partial charge in [-0.05, 0) is 61.4 Å². The minimum Gasteiger partial charge on any atom is -0.352 e. The third-order valence-corrected chi connectivity index (χ3v) is 7.19. The SMILES string of the molecule is Cc1ccc(Nc2ccc(N3CCN(S(=O)(=O)c4ccc(F)cc4C)CC3)nn2)nc1. The molecule has 0 spiro atoms. The number of aryl methyl sites for hydroxylation is 2. The second kappa shape index (κ2) is 8.56. The minimum atomic E-state index is -3.67. The molecule has 3 heterocycles. The third-order valence-electron chi connectivity index (χ3n) is 5.14. The summed E-state index contributed by atoms with van der Waals surface area (Å²) in [6, 6.07) is 11.2. The lowest BCUT2D eigenvalue weighted by Crippen LogP contribution is -2.49. The van der Waals surface area contributed by atoms with Crippen molar-refractivity contribution in [1.29, 1.82) is 0 Å². The number of anilines is 3. The molecule has 1 aliphatic heterocycles. The molecule has 4 rings (SSSR count). The van der Waals surface area contributed by atoms with E-state index in [4.69, 9.17) is 0 Å². The number of rotatable bonds is 5. The third kappa shape index (κ3) is 4.64. The molecule has 162 valence electrons. The van der Waals surface area contributed by atoms with Crippen LogP contribution >= 0.6 is 0 Å². The van der Waals surface area contributed by atoms with E-state index in [1.807, 2.05) is 36.1 Å². The molecule has 2 aromatic heterocycles. The molecule has 0 amide bonds. The van der Waals surface area contributed by atoms with Gasteiger partial charge in [-0.1, -0.05) is 6.07 Å². The Kier molecular flexibility index (Phi) is 5.84. The largest absolute Gasteiger partial charge is 0.352 e. The van der Waals surface area contributed by atoms with Crippen molar-refractivity contribution in [2.24, 2.45) is 0 Å². The number of sulfonamides is 1. The maximum Gasteiger partial charge on any atom is 0.243 e. The molecule has 1 N–H and O–H groups in total. The Morgan fingerprint density at radius 3 is 2.29 bits per heavy atom. The Hall–Kier alpha value is -3.11. The van der Waals surface area contributed by atoms with E-state index < -0.39 is 15.8 Å². The van der Waals surface area contributed by atoms with Crippen LogP contribution in [-0.2, 0) is 10.0 Å². The Morgan fingerprint density at radius 1 is 0.935 bits per heavy atom. The number of pyridine rings is 1. The van der Waals surface area contributed by atoms with E-state index in [1.54, 1.807) is 13.1 Å². The van der Waals surface area contributed by atoms with E-state index in [2.05, 4.69) is 20.5 Å². The molecule has 0 radical (unpaired) electrons. The maximum absolute atomic E-state index is 13.3. The summed E-state index contributed by atoms with van der Waals surface area (Å²) in [6.07, 6.45) is 1.77. The number of piperazine rings is 1. The number of halogens is 1. The van der Waals surface area contributed by atoms with Gasteiger partial charge in [-0.2, -0.15) is 4.31 Å². The van der Waals surface area contributed by atoms with E-state index in [0.29, 0.717) is 49.2 Å². The van der Waals surface area contributed by atoms with Gasteiger partial charge < -0.3 is 10.2 Å². The molecule has 0 saturated carbocycles. The Balaban J connectivity index is 1.39. The fourth-order valence-corrected chi connectivity index (χ4v) is 5.06.